The van der Waals surface area contributed by atoms with Gasteiger partial charge in [-0.15, -0.1) is 0 Å². The minimum absolute atomic E-state index is 0.258. The molecule has 3 unspecified atom stereocenters. The van der Waals surface area contributed by atoms with Crippen molar-refractivity contribution in [1.29, 1.82) is 0 Å². The van der Waals surface area contributed by atoms with Crippen LogP contribution in [0.4, 0.5) is 0 Å². The average Bonchev–Trinajstić information content (AvgIpc) is 2.56. The number of aryl methyl sites for hydroxylation is 1. The highest BCUT2D eigenvalue weighted by atomic mass is 16.1. The predicted octanol–water partition coefficient (Wildman–Crippen LogP) is 3.52. The Kier molecular flexibility index (Phi) is 4.62. The van der Waals surface area contributed by atoms with E-state index in [0.29, 0.717) is 36.3 Å². The molecule has 1 aromatic carbocycles. The van der Waals surface area contributed by atoms with Crippen LogP contribution in [-0.4, -0.2) is 18.0 Å². The van der Waals surface area contributed by atoms with Gasteiger partial charge in [0.25, 0.3) is 0 Å². The molecule has 2 saturated carbocycles. The highest BCUT2D eigenvalue weighted by molar-refractivity contribution is 5.77. The van der Waals surface area contributed by atoms with Gasteiger partial charge in [-0.2, -0.15) is 0 Å². The summed E-state index contributed by atoms with van der Waals surface area (Å²) in [6.45, 7) is 0. The molecule has 3 atom stereocenters. The number of amides is 1. The number of hydrogen-bond donors (Lipinski definition) is 2. The van der Waals surface area contributed by atoms with Crippen molar-refractivity contribution in [3.05, 3.63) is 35.4 Å². The van der Waals surface area contributed by atoms with Crippen LogP contribution in [-0.2, 0) is 11.2 Å². The summed E-state index contributed by atoms with van der Waals surface area (Å²) in [4.78, 5) is 12.8. The number of nitrogens with one attached hydrogen (secondary N) is 1. The van der Waals surface area contributed by atoms with Crippen LogP contribution in [0.25, 0.3) is 0 Å². The van der Waals surface area contributed by atoms with Gasteiger partial charge >= 0.3 is 0 Å². The van der Waals surface area contributed by atoms with Gasteiger partial charge in [-0.25, -0.2) is 0 Å². The van der Waals surface area contributed by atoms with E-state index in [9.17, 15) is 4.79 Å². The molecule has 3 nitrogen and oxygen atoms in total. The molecule has 1 aromatic rings. The molecule has 3 aliphatic rings. The number of benzene rings is 1. The fourth-order valence-electron chi connectivity index (χ4n) is 5.56. The number of hydrogen-bond acceptors (Lipinski definition) is 2. The zero-order valence-corrected chi connectivity index (χ0v) is 14.5. The van der Waals surface area contributed by atoms with Crippen molar-refractivity contribution in [3.8, 4) is 0 Å². The number of carbonyl (C=O) groups is 1. The smallest absolute Gasteiger partial charge is 0.220 e. The van der Waals surface area contributed by atoms with E-state index in [1.54, 1.807) is 0 Å². The Bertz CT molecular complexity index is 585. The van der Waals surface area contributed by atoms with Crippen LogP contribution in [0.3, 0.4) is 0 Å². The molecule has 3 N–H and O–H groups in total. The Morgan fingerprint density at radius 1 is 1.08 bits per heavy atom. The third kappa shape index (κ3) is 3.23. The molecule has 4 rings (SSSR count). The molecule has 0 saturated heterocycles. The Hall–Kier alpha value is -1.35. The Morgan fingerprint density at radius 2 is 1.83 bits per heavy atom. The van der Waals surface area contributed by atoms with Gasteiger partial charge in [-0.3, -0.25) is 4.79 Å². The molecule has 3 heteroatoms. The fourth-order valence-corrected chi connectivity index (χ4v) is 5.56. The second-order valence-corrected chi connectivity index (χ2v) is 8.27. The van der Waals surface area contributed by atoms with E-state index in [2.05, 4.69) is 29.6 Å². The molecule has 1 amide bonds. The van der Waals surface area contributed by atoms with E-state index in [1.807, 2.05) is 0 Å². The molecule has 0 spiro atoms. The van der Waals surface area contributed by atoms with Gasteiger partial charge in [0, 0.05) is 18.5 Å². The van der Waals surface area contributed by atoms with Gasteiger partial charge in [-0.1, -0.05) is 30.7 Å². The first-order valence-corrected chi connectivity index (χ1v) is 9.83. The summed E-state index contributed by atoms with van der Waals surface area (Å²) in [6.07, 6.45) is 10.1. The first-order valence-electron chi connectivity index (χ1n) is 9.83. The monoisotopic (exact) mass is 326 g/mol. The number of fused-ring (bicyclic) bond motifs is 3. The minimum Gasteiger partial charge on any atom is -0.353 e. The zero-order valence-electron chi connectivity index (χ0n) is 14.5. The summed E-state index contributed by atoms with van der Waals surface area (Å²) in [7, 11) is 0. The molecule has 0 aromatic heterocycles. The summed E-state index contributed by atoms with van der Waals surface area (Å²) >= 11 is 0. The lowest BCUT2D eigenvalue weighted by atomic mass is 9.67. The molecular formula is C21H30N2O. The lowest BCUT2D eigenvalue weighted by molar-refractivity contribution is -0.123. The summed E-state index contributed by atoms with van der Waals surface area (Å²) in [6, 6.07) is 9.41. The molecule has 3 aliphatic carbocycles. The van der Waals surface area contributed by atoms with Crippen molar-refractivity contribution in [2.45, 2.75) is 75.8 Å². The van der Waals surface area contributed by atoms with Gasteiger partial charge < -0.3 is 11.1 Å². The van der Waals surface area contributed by atoms with Crippen molar-refractivity contribution in [2.75, 3.05) is 0 Å². The van der Waals surface area contributed by atoms with Crippen molar-refractivity contribution < 1.29 is 4.79 Å². The third-order valence-electron chi connectivity index (χ3n) is 6.63. The van der Waals surface area contributed by atoms with Crippen LogP contribution in [0, 0.1) is 11.8 Å². The topological polar surface area (TPSA) is 55.1 Å². The number of carbonyl (C=O) groups excluding carboxylic acids is 1. The zero-order chi connectivity index (χ0) is 16.5. The van der Waals surface area contributed by atoms with E-state index in [-0.39, 0.29) is 5.91 Å². The van der Waals surface area contributed by atoms with Crippen molar-refractivity contribution in [1.82, 2.24) is 5.32 Å². The van der Waals surface area contributed by atoms with Crippen LogP contribution in [0.15, 0.2) is 24.3 Å². The average molecular weight is 326 g/mol. The van der Waals surface area contributed by atoms with Gasteiger partial charge in [0.05, 0.1) is 0 Å². The van der Waals surface area contributed by atoms with Crippen molar-refractivity contribution in [2.24, 2.45) is 17.6 Å². The second-order valence-electron chi connectivity index (χ2n) is 8.27. The molecule has 130 valence electrons. The van der Waals surface area contributed by atoms with Crippen LogP contribution in [0.2, 0.25) is 0 Å². The van der Waals surface area contributed by atoms with Crippen LogP contribution in [0.1, 0.15) is 68.4 Å². The van der Waals surface area contributed by atoms with Crippen molar-refractivity contribution >= 4 is 5.91 Å². The fraction of sp³-hybridized carbons (Fsp3) is 0.667. The normalized spacial score (nSPS) is 35.1. The maximum absolute atomic E-state index is 12.8. The standard InChI is InChI=1S/C21H30N2O/c22-18-11-16-8-4-9-17(12-18)21(16)23-20(24)13-15-7-3-6-14-5-1-2-10-19(14)15/h1-2,5,10,15-18,21H,3-4,6-9,11-13,22H2,(H,23,24). The Balaban J connectivity index is 1.41. The first-order chi connectivity index (χ1) is 11.7. The number of nitrogens with two attached hydrogens (primary N) is 1. The summed E-state index contributed by atoms with van der Waals surface area (Å²) in [5.41, 5.74) is 9.06. The summed E-state index contributed by atoms with van der Waals surface area (Å²) in [5.74, 6) is 1.87. The summed E-state index contributed by atoms with van der Waals surface area (Å²) < 4.78 is 0. The predicted molar refractivity (Wildman–Crippen MR) is 96.7 cm³/mol. The molecule has 0 radical (unpaired) electrons. The lowest BCUT2D eigenvalue weighted by Gasteiger charge is -2.45. The largest absolute Gasteiger partial charge is 0.353 e. The molecule has 0 heterocycles. The van der Waals surface area contributed by atoms with Crippen molar-refractivity contribution in [3.63, 3.8) is 0 Å². The van der Waals surface area contributed by atoms with Crippen LogP contribution >= 0.6 is 0 Å². The maximum Gasteiger partial charge on any atom is 0.220 e. The second kappa shape index (κ2) is 6.87. The quantitative estimate of drug-likeness (QED) is 0.893. The molecule has 0 aliphatic heterocycles. The molecular weight excluding hydrogens is 296 g/mol. The SMILES string of the molecule is NC1CC2CCCC(C1)C2NC(=O)CC1CCCc2ccccc21. The van der Waals surface area contributed by atoms with E-state index in [0.717, 1.165) is 19.3 Å². The van der Waals surface area contributed by atoms with Gasteiger partial charge in [-0.05, 0) is 73.8 Å². The number of rotatable bonds is 3. The van der Waals surface area contributed by atoms with Gasteiger partial charge in [0.15, 0.2) is 0 Å². The molecule has 2 fully saturated rings. The molecule has 2 bridgehead atoms. The highest BCUT2D eigenvalue weighted by Crippen LogP contribution is 2.40. The minimum atomic E-state index is 0.258. The van der Waals surface area contributed by atoms with E-state index >= 15 is 0 Å². The lowest BCUT2D eigenvalue weighted by Crippen LogP contribution is -2.53. The van der Waals surface area contributed by atoms with Crippen LogP contribution in [0.5, 0.6) is 0 Å². The first kappa shape index (κ1) is 16.1. The van der Waals surface area contributed by atoms with E-state index in [1.165, 1.54) is 43.2 Å². The molecule has 24 heavy (non-hydrogen) atoms. The van der Waals surface area contributed by atoms with E-state index < -0.39 is 0 Å². The third-order valence-corrected chi connectivity index (χ3v) is 6.63. The van der Waals surface area contributed by atoms with Gasteiger partial charge in [0.1, 0.15) is 0 Å². The Labute approximate surface area is 145 Å². The maximum atomic E-state index is 12.8. The Morgan fingerprint density at radius 3 is 2.62 bits per heavy atom. The van der Waals surface area contributed by atoms with Crippen LogP contribution < -0.4 is 11.1 Å². The van der Waals surface area contributed by atoms with E-state index in [4.69, 9.17) is 5.73 Å². The highest BCUT2D eigenvalue weighted by Gasteiger charge is 2.40. The van der Waals surface area contributed by atoms with Gasteiger partial charge in [0.2, 0.25) is 5.91 Å². The summed E-state index contributed by atoms with van der Waals surface area (Å²) in [5, 5.41) is 3.43.